The van der Waals surface area contributed by atoms with E-state index in [1.165, 1.54) is 22.7 Å². The van der Waals surface area contributed by atoms with Crippen molar-refractivity contribution in [1.82, 2.24) is 0 Å². The quantitative estimate of drug-likeness (QED) is 0.399. The van der Waals surface area contributed by atoms with Crippen LogP contribution in [0.2, 0.25) is 0 Å². The highest BCUT2D eigenvalue weighted by molar-refractivity contribution is 7.92. The van der Waals surface area contributed by atoms with Gasteiger partial charge < -0.3 is 5.32 Å². The molecule has 0 radical (unpaired) electrons. The van der Waals surface area contributed by atoms with Crippen LogP contribution in [-0.2, 0) is 16.6 Å². The summed E-state index contributed by atoms with van der Waals surface area (Å²) in [5.74, 6) is -0.417. The number of nitrogens with zero attached hydrogens (tertiary/aromatic N) is 2. The second-order valence-electron chi connectivity index (χ2n) is 7.87. The van der Waals surface area contributed by atoms with E-state index in [2.05, 4.69) is 5.32 Å². The molecule has 9 heteroatoms. The minimum Gasteiger partial charge on any atom is -0.321 e. The van der Waals surface area contributed by atoms with Crippen molar-refractivity contribution in [2.45, 2.75) is 27.3 Å². The highest BCUT2D eigenvalue weighted by atomic mass is 32.2. The van der Waals surface area contributed by atoms with Gasteiger partial charge in [0.05, 0.1) is 34.7 Å². The molecule has 0 fully saturated rings. The number of aryl methyl sites for hydroxylation is 2. The van der Waals surface area contributed by atoms with Crippen LogP contribution in [0.1, 0.15) is 32.6 Å². The molecule has 0 heterocycles. The molecular weight excluding hydrogens is 442 g/mol. The number of hydrogen-bond acceptors (Lipinski definition) is 5. The predicted octanol–water partition coefficient (Wildman–Crippen LogP) is 4.74. The van der Waals surface area contributed by atoms with E-state index < -0.39 is 20.9 Å². The molecule has 0 unspecified atom stereocenters. The van der Waals surface area contributed by atoms with Crippen LogP contribution < -0.4 is 9.62 Å². The van der Waals surface area contributed by atoms with Crippen molar-refractivity contribution in [3.05, 3.63) is 98.6 Å². The third-order valence-electron chi connectivity index (χ3n) is 5.38. The summed E-state index contributed by atoms with van der Waals surface area (Å²) in [6, 6.07) is 16.7. The average molecular weight is 468 g/mol. The molecule has 1 N–H and O–H groups in total. The first kappa shape index (κ1) is 23.9. The number of nitro groups is 1. The van der Waals surface area contributed by atoms with Crippen LogP contribution in [0, 0.1) is 30.9 Å². The largest absolute Gasteiger partial charge is 0.321 e. The topological polar surface area (TPSA) is 110 Å². The Morgan fingerprint density at radius 3 is 2.09 bits per heavy atom. The van der Waals surface area contributed by atoms with Gasteiger partial charge >= 0.3 is 0 Å². The second-order valence-corrected chi connectivity index (χ2v) is 9.77. The Kier molecular flexibility index (Phi) is 6.83. The lowest BCUT2D eigenvalue weighted by Crippen LogP contribution is -2.30. The normalized spacial score (nSPS) is 11.2. The fourth-order valence-corrected chi connectivity index (χ4v) is 4.64. The zero-order valence-electron chi connectivity index (χ0n) is 18.8. The smallest absolute Gasteiger partial charge is 0.274 e. The van der Waals surface area contributed by atoms with Crippen molar-refractivity contribution in [2.24, 2.45) is 0 Å². The fourth-order valence-electron chi connectivity index (χ4n) is 3.64. The van der Waals surface area contributed by atoms with Crippen molar-refractivity contribution in [3.63, 3.8) is 0 Å². The van der Waals surface area contributed by atoms with Gasteiger partial charge in [0, 0.05) is 11.6 Å². The Balaban J connectivity index is 1.83. The third-order valence-corrected chi connectivity index (χ3v) is 6.49. The number of hydrogen-bond donors (Lipinski definition) is 1. The number of benzene rings is 3. The van der Waals surface area contributed by atoms with E-state index >= 15 is 0 Å². The molecule has 0 aliphatic rings. The molecule has 8 nitrogen and oxygen atoms in total. The number of rotatable bonds is 7. The standard InChI is InChI=1S/C24H25N3O5S/c1-16-7-5-8-17(2)23(16)26(33(4,31)32)15-19-11-13-20(14-12-19)24(28)25-21-9-6-10-22(18(21)3)27(29)30/h5-14H,15H2,1-4H3,(H,25,28). The Hall–Kier alpha value is -3.72. The molecule has 0 atom stereocenters. The van der Waals surface area contributed by atoms with E-state index in [1.54, 1.807) is 37.3 Å². The minimum absolute atomic E-state index is 0.0736. The average Bonchev–Trinajstić information content (AvgIpc) is 2.74. The fraction of sp³-hybridized carbons (Fsp3) is 0.208. The Labute approximate surface area is 193 Å². The molecule has 3 aromatic carbocycles. The lowest BCUT2D eigenvalue weighted by molar-refractivity contribution is -0.385. The van der Waals surface area contributed by atoms with Crippen LogP contribution in [0.15, 0.2) is 60.7 Å². The number of nitro benzene ring substituents is 1. The number of nitrogens with one attached hydrogen (secondary N) is 1. The van der Waals surface area contributed by atoms with Gasteiger partial charge in [0.15, 0.2) is 0 Å². The lowest BCUT2D eigenvalue weighted by Gasteiger charge is -2.26. The molecule has 0 aromatic heterocycles. The molecule has 33 heavy (non-hydrogen) atoms. The van der Waals surface area contributed by atoms with Crippen LogP contribution in [-0.4, -0.2) is 25.5 Å². The van der Waals surface area contributed by atoms with Crippen LogP contribution in [0.25, 0.3) is 0 Å². The van der Waals surface area contributed by atoms with Gasteiger partial charge in [-0.1, -0.05) is 36.4 Å². The van der Waals surface area contributed by atoms with Crippen molar-refractivity contribution < 1.29 is 18.1 Å². The molecule has 1 amide bonds. The van der Waals surface area contributed by atoms with Crippen LogP contribution >= 0.6 is 0 Å². The monoisotopic (exact) mass is 467 g/mol. The van der Waals surface area contributed by atoms with Crippen molar-refractivity contribution >= 4 is 33.0 Å². The SMILES string of the molecule is Cc1cccc(C)c1N(Cc1ccc(C(=O)Nc2cccc([N+](=O)[O-])c2C)cc1)S(C)(=O)=O. The van der Waals surface area contributed by atoms with Crippen LogP contribution in [0.5, 0.6) is 0 Å². The van der Waals surface area contributed by atoms with Crippen molar-refractivity contribution in [3.8, 4) is 0 Å². The van der Waals surface area contributed by atoms with E-state index in [4.69, 9.17) is 0 Å². The number of carbonyl (C=O) groups excluding carboxylic acids is 1. The number of sulfonamides is 1. The number of amides is 1. The molecule has 3 rings (SSSR count). The second kappa shape index (κ2) is 9.41. The zero-order valence-corrected chi connectivity index (χ0v) is 19.6. The Bertz CT molecular complexity index is 1300. The van der Waals surface area contributed by atoms with E-state index in [9.17, 15) is 23.3 Å². The molecular formula is C24H25N3O5S. The molecule has 0 bridgehead atoms. The van der Waals surface area contributed by atoms with Gasteiger partial charge in [-0.05, 0) is 55.7 Å². The van der Waals surface area contributed by atoms with Gasteiger partial charge in [-0.2, -0.15) is 0 Å². The zero-order chi connectivity index (χ0) is 24.3. The van der Waals surface area contributed by atoms with Crippen molar-refractivity contribution in [1.29, 1.82) is 0 Å². The molecule has 172 valence electrons. The first-order valence-electron chi connectivity index (χ1n) is 10.2. The summed E-state index contributed by atoms with van der Waals surface area (Å²) in [5.41, 5.74) is 4.06. The first-order chi connectivity index (χ1) is 15.5. The van der Waals surface area contributed by atoms with Gasteiger partial charge in [0.2, 0.25) is 10.0 Å². The van der Waals surface area contributed by atoms with Crippen LogP contribution in [0.3, 0.4) is 0 Å². The summed E-state index contributed by atoms with van der Waals surface area (Å²) >= 11 is 0. The molecule has 0 saturated carbocycles. The summed E-state index contributed by atoms with van der Waals surface area (Å²) in [7, 11) is -3.55. The van der Waals surface area contributed by atoms with Gasteiger partial charge in [0.25, 0.3) is 11.6 Å². The summed E-state index contributed by atoms with van der Waals surface area (Å²) < 4.78 is 26.4. The summed E-state index contributed by atoms with van der Waals surface area (Å²) in [5, 5.41) is 13.8. The minimum atomic E-state index is -3.55. The summed E-state index contributed by atoms with van der Waals surface area (Å²) in [6.07, 6.45) is 1.17. The highest BCUT2D eigenvalue weighted by Crippen LogP contribution is 2.29. The van der Waals surface area contributed by atoms with Crippen LogP contribution in [0.4, 0.5) is 17.1 Å². The van der Waals surface area contributed by atoms with Gasteiger partial charge in [-0.25, -0.2) is 8.42 Å². The summed E-state index contributed by atoms with van der Waals surface area (Å²) in [6.45, 7) is 5.42. The molecule has 0 spiro atoms. The maximum atomic E-state index is 12.7. The molecule has 3 aromatic rings. The predicted molar refractivity (Wildman–Crippen MR) is 129 cm³/mol. The lowest BCUT2D eigenvalue weighted by atomic mass is 10.1. The summed E-state index contributed by atoms with van der Waals surface area (Å²) in [4.78, 5) is 23.3. The maximum Gasteiger partial charge on any atom is 0.274 e. The third kappa shape index (κ3) is 5.38. The maximum absolute atomic E-state index is 12.7. The number of para-hydroxylation sites is 1. The molecule has 0 aliphatic carbocycles. The molecule has 0 aliphatic heterocycles. The van der Waals surface area contributed by atoms with E-state index in [0.29, 0.717) is 28.1 Å². The van der Waals surface area contributed by atoms with E-state index in [0.717, 1.165) is 11.1 Å². The van der Waals surface area contributed by atoms with E-state index in [-0.39, 0.29) is 12.2 Å². The van der Waals surface area contributed by atoms with Crippen molar-refractivity contribution in [2.75, 3.05) is 15.9 Å². The first-order valence-corrected chi connectivity index (χ1v) is 12.0. The highest BCUT2D eigenvalue weighted by Gasteiger charge is 2.22. The molecule has 0 saturated heterocycles. The van der Waals surface area contributed by atoms with Gasteiger partial charge in [-0.15, -0.1) is 0 Å². The van der Waals surface area contributed by atoms with Gasteiger partial charge in [-0.3, -0.25) is 19.2 Å². The number of anilines is 2. The Morgan fingerprint density at radius 2 is 1.55 bits per heavy atom. The Morgan fingerprint density at radius 1 is 0.970 bits per heavy atom. The van der Waals surface area contributed by atoms with Gasteiger partial charge in [0.1, 0.15) is 0 Å². The van der Waals surface area contributed by atoms with E-state index in [1.807, 2.05) is 32.0 Å². The number of carbonyl (C=O) groups is 1.